The molecule has 0 aliphatic carbocycles. The maximum Gasteiger partial charge on any atom is 0.253 e. The van der Waals surface area contributed by atoms with Gasteiger partial charge in [0.05, 0.1) is 0 Å². The van der Waals surface area contributed by atoms with Gasteiger partial charge in [-0.05, 0) is 31.0 Å². The first-order chi connectivity index (χ1) is 11.7. The van der Waals surface area contributed by atoms with Crippen molar-refractivity contribution in [3.05, 3.63) is 35.4 Å². The lowest BCUT2D eigenvalue weighted by molar-refractivity contribution is 0.0710. The van der Waals surface area contributed by atoms with Crippen LogP contribution in [0.1, 0.15) is 47.7 Å². The van der Waals surface area contributed by atoms with Crippen LogP contribution in [-0.2, 0) is 6.42 Å². The molecule has 2 aliphatic rings. The van der Waals surface area contributed by atoms with Gasteiger partial charge < -0.3 is 14.4 Å². The number of aromatic amines is 1. The molecular weight excluding hydrogens is 308 g/mol. The van der Waals surface area contributed by atoms with Crippen molar-refractivity contribution < 1.29 is 14.3 Å². The molecule has 1 aromatic carbocycles. The summed E-state index contributed by atoms with van der Waals surface area (Å²) >= 11 is 0. The summed E-state index contributed by atoms with van der Waals surface area (Å²) in [7, 11) is 0. The molecule has 0 spiro atoms. The molecule has 4 rings (SSSR count). The Bertz CT molecular complexity index is 750. The number of likely N-dealkylation sites (tertiary alicyclic amines) is 1. The molecule has 2 aliphatic heterocycles. The van der Waals surface area contributed by atoms with E-state index in [0.29, 0.717) is 36.1 Å². The Labute approximate surface area is 140 Å². The zero-order chi connectivity index (χ0) is 16.5. The first kappa shape index (κ1) is 15.0. The van der Waals surface area contributed by atoms with E-state index in [4.69, 9.17) is 9.47 Å². The second-order valence-corrected chi connectivity index (χ2v) is 6.13. The quantitative estimate of drug-likeness (QED) is 0.933. The molecule has 7 heteroatoms. The summed E-state index contributed by atoms with van der Waals surface area (Å²) in [5.41, 5.74) is 0.642. The van der Waals surface area contributed by atoms with Gasteiger partial charge in [0.25, 0.3) is 5.91 Å². The zero-order valence-corrected chi connectivity index (χ0v) is 13.6. The fourth-order valence-corrected chi connectivity index (χ4v) is 3.20. The van der Waals surface area contributed by atoms with Crippen LogP contribution >= 0.6 is 0 Å². The van der Waals surface area contributed by atoms with Crippen molar-refractivity contribution in [1.29, 1.82) is 0 Å². The van der Waals surface area contributed by atoms with E-state index in [1.54, 1.807) is 18.2 Å². The molecule has 7 nitrogen and oxygen atoms in total. The lowest BCUT2D eigenvalue weighted by Crippen LogP contribution is -2.38. The average molecular weight is 328 g/mol. The van der Waals surface area contributed by atoms with E-state index in [2.05, 4.69) is 22.1 Å². The van der Waals surface area contributed by atoms with Crippen LogP contribution in [0.25, 0.3) is 0 Å². The van der Waals surface area contributed by atoms with Gasteiger partial charge >= 0.3 is 0 Å². The first-order valence-corrected chi connectivity index (χ1v) is 8.34. The van der Waals surface area contributed by atoms with E-state index in [1.165, 1.54) is 0 Å². The van der Waals surface area contributed by atoms with Crippen molar-refractivity contribution >= 4 is 5.91 Å². The number of fused-ring (bicyclic) bond motifs is 1. The highest BCUT2D eigenvalue weighted by Crippen LogP contribution is 2.33. The Morgan fingerprint density at radius 2 is 2.08 bits per heavy atom. The molecule has 0 atom stereocenters. The van der Waals surface area contributed by atoms with Crippen LogP contribution in [-0.4, -0.2) is 45.9 Å². The summed E-state index contributed by atoms with van der Waals surface area (Å²) in [4.78, 5) is 19.1. The third kappa shape index (κ3) is 2.70. The summed E-state index contributed by atoms with van der Waals surface area (Å²) in [6.07, 6.45) is 2.63. The third-order valence-corrected chi connectivity index (χ3v) is 4.65. The van der Waals surface area contributed by atoms with E-state index in [9.17, 15) is 4.79 Å². The van der Waals surface area contributed by atoms with E-state index < -0.39 is 0 Å². The van der Waals surface area contributed by atoms with Crippen molar-refractivity contribution in [2.75, 3.05) is 19.9 Å². The number of hydrogen-bond acceptors (Lipinski definition) is 5. The van der Waals surface area contributed by atoms with Gasteiger partial charge in [-0.2, -0.15) is 5.10 Å². The molecule has 126 valence electrons. The molecule has 0 radical (unpaired) electrons. The number of benzene rings is 1. The number of aromatic nitrogens is 3. The molecule has 24 heavy (non-hydrogen) atoms. The molecule has 0 bridgehead atoms. The largest absolute Gasteiger partial charge is 0.454 e. The number of aryl methyl sites for hydroxylation is 1. The van der Waals surface area contributed by atoms with E-state index in [-0.39, 0.29) is 12.7 Å². The van der Waals surface area contributed by atoms with Crippen LogP contribution in [0.15, 0.2) is 18.2 Å². The molecule has 1 fully saturated rings. The van der Waals surface area contributed by atoms with Crippen LogP contribution < -0.4 is 9.47 Å². The predicted octanol–water partition coefficient (Wildman–Crippen LogP) is 2.12. The van der Waals surface area contributed by atoms with Gasteiger partial charge in [0.15, 0.2) is 17.3 Å². The summed E-state index contributed by atoms with van der Waals surface area (Å²) < 4.78 is 10.6. The lowest BCUT2D eigenvalue weighted by Gasteiger charge is -2.30. The topological polar surface area (TPSA) is 80.3 Å². The van der Waals surface area contributed by atoms with Gasteiger partial charge in [0.2, 0.25) is 6.79 Å². The van der Waals surface area contributed by atoms with Crippen molar-refractivity contribution in [3.63, 3.8) is 0 Å². The van der Waals surface area contributed by atoms with Gasteiger partial charge in [-0.3, -0.25) is 9.89 Å². The van der Waals surface area contributed by atoms with Gasteiger partial charge in [-0.25, -0.2) is 4.98 Å². The smallest absolute Gasteiger partial charge is 0.253 e. The molecule has 1 saturated heterocycles. The second-order valence-electron chi connectivity index (χ2n) is 6.13. The fraction of sp³-hybridized carbons (Fsp3) is 0.471. The van der Waals surface area contributed by atoms with Crippen molar-refractivity contribution in [3.8, 4) is 11.5 Å². The molecule has 1 aromatic heterocycles. The average Bonchev–Trinajstić information content (AvgIpc) is 3.29. The number of ether oxygens (including phenoxy) is 2. The van der Waals surface area contributed by atoms with Crippen LogP contribution in [0.2, 0.25) is 0 Å². The van der Waals surface area contributed by atoms with Crippen molar-refractivity contribution in [2.24, 2.45) is 0 Å². The summed E-state index contributed by atoms with van der Waals surface area (Å²) in [5.74, 6) is 3.49. The van der Waals surface area contributed by atoms with E-state index >= 15 is 0 Å². The van der Waals surface area contributed by atoms with Gasteiger partial charge in [0, 0.05) is 31.0 Å². The monoisotopic (exact) mass is 328 g/mol. The van der Waals surface area contributed by atoms with E-state index in [0.717, 1.165) is 30.9 Å². The van der Waals surface area contributed by atoms with E-state index in [1.807, 2.05) is 4.90 Å². The van der Waals surface area contributed by atoms with Crippen LogP contribution in [0.3, 0.4) is 0 Å². The van der Waals surface area contributed by atoms with Gasteiger partial charge in [0.1, 0.15) is 5.82 Å². The zero-order valence-electron chi connectivity index (χ0n) is 13.6. The van der Waals surface area contributed by atoms with Crippen LogP contribution in [0, 0.1) is 0 Å². The predicted molar refractivity (Wildman–Crippen MR) is 86.2 cm³/mol. The normalized spacial score (nSPS) is 17.3. The summed E-state index contributed by atoms with van der Waals surface area (Å²) in [6.45, 7) is 3.70. The van der Waals surface area contributed by atoms with Crippen molar-refractivity contribution in [1.82, 2.24) is 20.1 Å². The summed E-state index contributed by atoms with van der Waals surface area (Å²) in [6, 6.07) is 5.35. The molecular formula is C17H20N4O3. The maximum atomic E-state index is 12.7. The number of carbonyl (C=O) groups is 1. The Morgan fingerprint density at radius 1 is 1.29 bits per heavy atom. The highest BCUT2D eigenvalue weighted by Gasteiger charge is 2.27. The number of nitrogens with zero attached hydrogens (tertiary/aromatic N) is 3. The maximum absolute atomic E-state index is 12.7. The second kappa shape index (κ2) is 6.14. The standard InChI is InChI=1S/C17H20N4O3/c1-2-15-18-16(20-19-15)11-5-7-21(8-6-11)17(22)12-3-4-13-14(9-12)24-10-23-13/h3-4,9,11H,2,5-8,10H2,1H3,(H,18,19,20). The number of amides is 1. The highest BCUT2D eigenvalue weighted by molar-refractivity contribution is 5.95. The Balaban J connectivity index is 1.41. The Kier molecular flexibility index (Phi) is 3.84. The fourth-order valence-electron chi connectivity index (χ4n) is 3.20. The van der Waals surface area contributed by atoms with Crippen molar-refractivity contribution in [2.45, 2.75) is 32.1 Å². The number of hydrogen-bond donors (Lipinski definition) is 1. The molecule has 1 N–H and O–H groups in total. The Morgan fingerprint density at radius 3 is 2.83 bits per heavy atom. The first-order valence-electron chi connectivity index (χ1n) is 8.34. The minimum Gasteiger partial charge on any atom is -0.454 e. The molecule has 1 amide bonds. The lowest BCUT2D eigenvalue weighted by atomic mass is 9.95. The number of carbonyl (C=O) groups excluding carboxylic acids is 1. The van der Waals surface area contributed by atoms with Gasteiger partial charge in [-0.15, -0.1) is 0 Å². The van der Waals surface area contributed by atoms with Crippen LogP contribution in [0.5, 0.6) is 11.5 Å². The van der Waals surface area contributed by atoms with Gasteiger partial charge in [-0.1, -0.05) is 6.92 Å². The molecule has 3 heterocycles. The Hall–Kier alpha value is -2.57. The molecule has 2 aromatic rings. The highest BCUT2D eigenvalue weighted by atomic mass is 16.7. The number of nitrogens with one attached hydrogen (secondary N) is 1. The SMILES string of the molecule is CCc1nc(C2CCN(C(=O)c3ccc4c(c3)OCO4)CC2)n[nH]1. The number of rotatable bonds is 3. The summed E-state index contributed by atoms with van der Waals surface area (Å²) in [5, 5.41) is 7.28. The number of H-pyrrole nitrogens is 1. The third-order valence-electron chi connectivity index (χ3n) is 4.65. The minimum absolute atomic E-state index is 0.0379. The number of piperidine rings is 1. The molecule has 0 unspecified atom stereocenters. The minimum atomic E-state index is 0.0379. The molecule has 0 saturated carbocycles. The van der Waals surface area contributed by atoms with Crippen LogP contribution in [0.4, 0.5) is 0 Å².